The molecule has 0 saturated heterocycles. The van der Waals surface area contributed by atoms with Crippen LogP contribution in [0, 0.1) is 0 Å². The highest BCUT2D eigenvalue weighted by atomic mass is 16.5. The molecule has 1 N–H and O–H groups in total. The van der Waals surface area contributed by atoms with Crippen LogP contribution in [-0.2, 0) is 11.3 Å². The van der Waals surface area contributed by atoms with Gasteiger partial charge >= 0.3 is 0 Å². The second-order valence-corrected chi connectivity index (χ2v) is 4.31. The molecule has 4 heteroatoms. The average molecular weight is 238 g/mol. The van der Waals surface area contributed by atoms with E-state index in [1.54, 1.807) is 22.9 Å². The summed E-state index contributed by atoms with van der Waals surface area (Å²) in [6.45, 7) is 7.18. The van der Waals surface area contributed by atoms with E-state index in [0.717, 1.165) is 19.6 Å². The number of hydrogen-bond acceptors (Lipinski definition) is 3. The molecule has 0 aliphatic rings. The van der Waals surface area contributed by atoms with Crippen molar-refractivity contribution in [3.63, 3.8) is 0 Å². The summed E-state index contributed by atoms with van der Waals surface area (Å²) in [4.78, 5) is 11.4. The second-order valence-electron chi connectivity index (χ2n) is 4.31. The Balaban J connectivity index is 2.05. The Hall–Kier alpha value is -1.13. The lowest BCUT2D eigenvalue weighted by molar-refractivity contribution is 0.123. The molecule has 0 unspecified atom stereocenters. The third-order valence-electron chi connectivity index (χ3n) is 2.39. The van der Waals surface area contributed by atoms with Gasteiger partial charge in [0, 0.05) is 31.5 Å². The zero-order valence-electron chi connectivity index (χ0n) is 10.7. The van der Waals surface area contributed by atoms with Crippen LogP contribution in [0.25, 0.3) is 0 Å². The maximum atomic E-state index is 11.4. The van der Waals surface area contributed by atoms with E-state index in [2.05, 4.69) is 19.2 Å². The molecule has 0 fully saturated rings. The van der Waals surface area contributed by atoms with Crippen molar-refractivity contribution in [3.8, 4) is 0 Å². The van der Waals surface area contributed by atoms with Gasteiger partial charge in [-0.15, -0.1) is 0 Å². The zero-order valence-corrected chi connectivity index (χ0v) is 10.7. The molecule has 17 heavy (non-hydrogen) atoms. The Morgan fingerprint density at radius 3 is 2.88 bits per heavy atom. The van der Waals surface area contributed by atoms with Crippen molar-refractivity contribution in [2.75, 3.05) is 19.8 Å². The Morgan fingerprint density at radius 1 is 1.35 bits per heavy atom. The SMILES string of the molecule is CC(C)NCCCOCCn1ccccc1=O. The molecule has 0 saturated carbocycles. The minimum Gasteiger partial charge on any atom is -0.380 e. The van der Waals surface area contributed by atoms with Gasteiger partial charge in [-0.05, 0) is 19.0 Å². The zero-order chi connectivity index (χ0) is 12.5. The van der Waals surface area contributed by atoms with Gasteiger partial charge in [0.15, 0.2) is 0 Å². The van der Waals surface area contributed by atoms with Crippen LogP contribution >= 0.6 is 0 Å². The molecule has 4 nitrogen and oxygen atoms in total. The third-order valence-corrected chi connectivity index (χ3v) is 2.39. The summed E-state index contributed by atoms with van der Waals surface area (Å²) in [6.07, 6.45) is 2.79. The van der Waals surface area contributed by atoms with E-state index in [-0.39, 0.29) is 5.56 Å². The average Bonchev–Trinajstić information content (AvgIpc) is 2.30. The van der Waals surface area contributed by atoms with E-state index in [1.807, 2.05) is 6.07 Å². The van der Waals surface area contributed by atoms with E-state index in [4.69, 9.17) is 4.74 Å². The quantitative estimate of drug-likeness (QED) is 0.693. The van der Waals surface area contributed by atoms with Gasteiger partial charge < -0.3 is 14.6 Å². The van der Waals surface area contributed by atoms with Crippen molar-refractivity contribution in [1.82, 2.24) is 9.88 Å². The predicted octanol–water partition coefficient (Wildman–Crippen LogP) is 1.25. The maximum absolute atomic E-state index is 11.4. The molecule has 0 amide bonds. The van der Waals surface area contributed by atoms with Crippen molar-refractivity contribution in [3.05, 3.63) is 34.7 Å². The van der Waals surface area contributed by atoms with Crippen LogP contribution in [0.3, 0.4) is 0 Å². The van der Waals surface area contributed by atoms with E-state index in [9.17, 15) is 4.79 Å². The summed E-state index contributed by atoms with van der Waals surface area (Å²) in [6, 6.07) is 5.69. The lowest BCUT2D eigenvalue weighted by Gasteiger charge is -2.09. The van der Waals surface area contributed by atoms with Crippen LogP contribution in [0.1, 0.15) is 20.3 Å². The van der Waals surface area contributed by atoms with Gasteiger partial charge in [0.2, 0.25) is 0 Å². The van der Waals surface area contributed by atoms with Gasteiger partial charge in [-0.25, -0.2) is 0 Å². The molecule has 96 valence electrons. The van der Waals surface area contributed by atoms with Gasteiger partial charge in [0.25, 0.3) is 5.56 Å². The van der Waals surface area contributed by atoms with Crippen molar-refractivity contribution in [2.24, 2.45) is 0 Å². The second kappa shape index (κ2) is 8.03. The monoisotopic (exact) mass is 238 g/mol. The largest absolute Gasteiger partial charge is 0.380 e. The lowest BCUT2D eigenvalue weighted by Crippen LogP contribution is -2.25. The number of hydrogen-bond donors (Lipinski definition) is 1. The van der Waals surface area contributed by atoms with Crippen LogP contribution in [0.5, 0.6) is 0 Å². The van der Waals surface area contributed by atoms with Gasteiger partial charge in [0.1, 0.15) is 0 Å². The minimum atomic E-state index is 0.0255. The molecule has 0 atom stereocenters. The molecule has 0 aromatic carbocycles. The van der Waals surface area contributed by atoms with Gasteiger partial charge in [-0.3, -0.25) is 4.79 Å². The van der Waals surface area contributed by atoms with Crippen molar-refractivity contribution in [2.45, 2.75) is 32.9 Å². The normalized spacial score (nSPS) is 11.0. The molecule has 1 aromatic heterocycles. The number of rotatable bonds is 8. The fraction of sp³-hybridized carbons (Fsp3) is 0.615. The van der Waals surface area contributed by atoms with Crippen LogP contribution in [0.15, 0.2) is 29.2 Å². The highest BCUT2D eigenvalue weighted by molar-refractivity contribution is 4.92. The summed E-state index contributed by atoms with van der Waals surface area (Å²) in [5.74, 6) is 0. The molecule has 0 aliphatic carbocycles. The molecule has 1 rings (SSSR count). The minimum absolute atomic E-state index is 0.0255. The first-order valence-corrected chi connectivity index (χ1v) is 6.17. The molecule has 0 bridgehead atoms. The molecule has 0 aliphatic heterocycles. The first-order valence-electron chi connectivity index (χ1n) is 6.17. The Morgan fingerprint density at radius 2 is 2.18 bits per heavy atom. The summed E-state index contributed by atoms with van der Waals surface area (Å²) in [5.41, 5.74) is 0.0255. The van der Waals surface area contributed by atoms with E-state index >= 15 is 0 Å². The number of pyridine rings is 1. The topological polar surface area (TPSA) is 43.3 Å². The fourth-order valence-corrected chi connectivity index (χ4v) is 1.48. The van der Waals surface area contributed by atoms with E-state index in [1.165, 1.54) is 0 Å². The number of aromatic nitrogens is 1. The molecule has 1 heterocycles. The number of ether oxygens (including phenoxy) is 1. The number of nitrogens with zero attached hydrogens (tertiary/aromatic N) is 1. The van der Waals surface area contributed by atoms with Crippen LogP contribution in [0.2, 0.25) is 0 Å². The van der Waals surface area contributed by atoms with Gasteiger partial charge in [0.05, 0.1) is 6.61 Å². The van der Waals surface area contributed by atoms with Crippen LogP contribution < -0.4 is 10.9 Å². The molecule has 0 radical (unpaired) electrons. The Kier molecular flexibility index (Phi) is 6.58. The Bertz CT molecular complexity index is 360. The van der Waals surface area contributed by atoms with E-state index < -0.39 is 0 Å². The first kappa shape index (κ1) is 13.9. The molecular weight excluding hydrogens is 216 g/mol. The van der Waals surface area contributed by atoms with Crippen LogP contribution in [0.4, 0.5) is 0 Å². The summed E-state index contributed by atoms with van der Waals surface area (Å²) < 4.78 is 7.13. The van der Waals surface area contributed by atoms with Crippen molar-refractivity contribution in [1.29, 1.82) is 0 Å². The molecule has 1 aromatic rings. The van der Waals surface area contributed by atoms with Gasteiger partial charge in [-0.1, -0.05) is 19.9 Å². The smallest absolute Gasteiger partial charge is 0.250 e. The van der Waals surface area contributed by atoms with Crippen LogP contribution in [-0.4, -0.2) is 30.4 Å². The maximum Gasteiger partial charge on any atom is 0.250 e. The van der Waals surface area contributed by atoms with Crippen molar-refractivity contribution >= 4 is 0 Å². The summed E-state index contributed by atoms with van der Waals surface area (Å²) in [5, 5.41) is 3.33. The molecular formula is C13H22N2O2. The highest BCUT2D eigenvalue weighted by Crippen LogP contribution is 1.87. The first-order chi connectivity index (χ1) is 8.20. The van der Waals surface area contributed by atoms with E-state index in [0.29, 0.717) is 19.2 Å². The lowest BCUT2D eigenvalue weighted by atomic mass is 10.3. The Labute approximate surface area is 103 Å². The third kappa shape index (κ3) is 6.24. The van der Waals surface area contributed by atoms with Gasteiger partial charge in [-0.2, -0.15) is 0 Å². The highest BCUT2D eigenvalue weighted by Gasteiger charge is 1.95. The standard InChI is InChI=1S/C13H22N2O2/c1-12(2)14-7-5-10-17-11-9-15-8-4-3-6-13(15)16/h3-4,6,8,12,14H,5,7,9-11H2,1-2H3. The summed E-state index contributed by atoms with van der Waals surface area (Å²) in [7, 11) is 0. The fourth-order valence-electron chi connectivity index (χ4n) is 1.48. The predicted molar refractivity (Wildman–Crippen MR) is 69.3 cm³/mol. The summed E-state index contributed by atoms with van der Waals surface area (Å²) >= 11 is 0. The van der Waals surface area contributed by atoms with Crippen molar-refractivity contribution < 1.29 is 4.74 Å². The molecule has 0 spiro atoms. The number of nitrogens with one attached hydrogen (secondary N) is 1.